The molecule has 0 aliphatic heterocycles. The monoisotopic (exact) mass is 636 g/mol. The van der Waals surface area contributed by atoms with E-state index in [9.17, 15) is 19.6 Å². The zero-order valence-corrected chi connectivity index (χ0v) is 26.4. The highest BCUT2D eigenvalue weighted by molar-refractivity contribution is 8.00. The Balaban J connectivity index is 1.26. The molecule has 0 saturated carbocycles. The molecule has 8 nitrogen and oxygen atoms in total. The summed E-state index contributed by atoms with van der Waals surface area (Å²) in [7, 11) is 0. The molecule has 228 valence electrons. The third kappa shape index (κ3) is 8.41. The molecule has 3 N–H and O–H groups in total. The fourth-order valence-corrected chi connectivity index (χ4v) is 6.89. The number of nitrogens with one attached hydrogen (secondary N) is 3. The van der Waals surface area contributed by atoms with Crippen molar-refractivity contribution in [3.63, 3.8) is 0 Å². The summed E-state index contributed by atoms with van der Waals surface area (Å²) in [6.07, 6.45) is 5.60. The molecule has 3 amide bonds. The van der Waals surface area contributed by atoms with Gasteiger partial charge in [-0.2, -0.15) is 5.26 Å². The molecular weight excluding hydrogens is 605 g/mol. The minimum atomic E-state index is -0.501. The van der Waals surface area contributed by atoms with Crippen LogP contribution in [0.3, 0.4) is 0 Å². The number of ether oxygens (including phenoxy) is 1. The predicted molar refractivity (Wildman–Crippen MR) is 180 cm³/mol. The third-order valence-electron chi connectivity index (χ3n) is 7.03. The summed E-state index contributed by atoms with van der Waals surface area (Å²) < 4.78 is 5.51. The van der Waals surface area contributed by atoms with Crippen LogP contribution < -0.4 is 20.7 Å². The highest BCUT2D eigenvalue weighted by atomic mass is 32.2. The van der Waals surface area contributed by atoms with Crippen molar-refractivity contribution in [2.24, 2.45) is 0 Å². The maximum absolute atomic E-state index is 13.5. The number of nitriles is 1. The zero-order chi connectivity index (χ0) is 31.6. The summed E-state index contributed by atoms with van der Waals surface area (Å²) in [5, 5.41) is 18.8. The highest BCUT2D eigenvalue weighted by Crippen LogP contribution is 2.37. The molecule has 1 aliphatic rings. The van der Waals surface area contributed by atoms with Crippen LogP contribution in [0.4, 0.5) is 10.7 Å². The van der Waals surface area contributed by atoms with Crippen LogP contribution in [-0.2, 0) is 22.4 Å². The molecule has 0 saturated heterocycles. The van der Waals surface area contributed by atoms with Gasteiger partial charge in [0, 0.05) is 21.0 Å². The van der Waals surface area contributed by atoms with Crippen molar-refractivity contribution >= 4 is 57.6 Å². The van der Waals surface area contributed by atoms with Crippen LogP contribution in [0, 0.1) is 11.3 Å². The lowest BCUT2D eigenvalue weighted by atomic mass is 9.96. The van der Waals surface area contributed by atoms with Gasteiger partial charge in [0.15, 0.2) is 0 Å². The second-order valence-electron chi connectivity index (χ2n) is 10.2. The van der Waals surface area contributed by atoms with Gasteiger partial charge in [-0.05, 0) is 92.3 Å². The van der Waals surface area contributed by atoms with E-state index in [1.165, 1.54) is 28.0 Å². The third-order valence-corrected chi connectivity index (χ3v) is 9.23. The SMILES string of the molecule is CCOc1ccc(/C=C(/NC(=O)c2ccccc2)C(=O)Nc2cccc(SCC(=O)Nc3sc4c(c3C#N)CCCC4)c2)cc1. The second-order valence-corrected chi connectivity index (χ2v) is 12.4. The van der Waals surface area contributed by atoms with Gasteiger partial charge >= 0.3 is 0 Å². The average Bonchev–Trinajstić information content (AvgIpc) is 3.41. The number of carbonyl (C=O) groups is 3. The van der Waals surface area contributed by atoms with E-state index in [-0.39, 0.29) is 17.4 Å². The van der Waals surface area contributed by atoms with E-state index in [2.05, 4.69) is 22.0 Å². The van der Waals surface area contributed by atoms with Crippen LogP contribution in [0.25, 0.3) is 6.08 Å². The summed E-state index contributed by atoms with van der Waals surface area (Å²) in [5.41, 5.74) is 3.37. The first-order valence-corrected chi connectivity index (χ1v) is 16.4. The predicted octanol–water partition coefficient (Wildman–Crippen LogP) is 7.04. The van der Waals surface area contributed by atoms with Gasteiger partial charge in [0.05, 0.1) is 17.9 Å². The first kappa shape index (κ1) is 31.6. The first-order valence-electron chi connectivity index (χ1n) is 14.6. The lowest BCUT2D eigenvalue weighted by Gasteiger charge is -2.12. The summed E-state index contributed by atoms with van der Waals surface area (Å²) in [6.45, 7) is 2.44. The van der Waals surface area contributed by atoms with Crippen molar-refractivity contribution in [3.8, 4) is 11.8 Å². The normalized spacial score (nSPS) is 12.4. The van der Waals surface area contributed by atoms with E-state index in [1.807, 2.05) is 19.1 Å². The van der Waals surface area contributed by atoms with Crippen molar-refractivity contribution in [1.29, 1.82) is 5.26 Å². The first-order chi connectivity index (χ1) is 21.9. The molecule has 0 radical (unpaired) electrons. The van der Waals surface area contributed by atoms with Crippen molar-refractivity contribution in [2.75, 3.05) is 23.0 Å². The van der Waals surface area contributed by atoms with Gasteiger partial charge in [-0.3, -0.25) is 14.4 Å². The van der Waals surface area contributed by atoms with E-state index in [0.29, 0.717) is 39.7 Å². The summed E-state index contributed by atoms with van der Waals surface area (Å²) in [5.74, 6) is -0.269. The lowest BCUT2D eigenvalue weighted by molar-refractivity contribution is -0.114. The number of hydrogen-bond acceptors (Lipinski definition) is 7. The summed E-state index contributed by atoms with van der Waals surface area (Å²) >= 11 is 2.83. The molecule has 1 heterocycles. The molecule has 0 unspecified atom stereocenters. The number of thioether (sulfide) groups is 1. The number of hydrogen-bond donors (Lipinski definition) is 3. The number of amides is 3. The van der Waals surface area contributed by atoms with Crippen LogP contribution in [0.5, 0.6) is 5.75 Å². The molecule has 5 rings (SSSR count). The van der Waals surface area contributed by atoms with Crippen LogP contribution in [-0.4, -0.2) is 30.1 Å². The van der Waals surface area contributed by atoms with E-state index in [0.717, 1.165) is 36.1 Å². The average molecular weight is 637 g/mol. The molecule has 3 aromatic carbocycles. The number of rotatable bonds is 11. The zero-order valence-electron chi connectivity index (χ0n) is 24.7. The van der Waals surface area contributed by atoms with E-state index < -0.39 is 11.8 Å². The number of benzene rings is 3. The maximum atomic E-state index is 13.5. The fourth-order valence-electron chi connectivity index (χ4n) is 4.88. The fraction of sp³-hybridized carbons (Fsp3) is 0.200. The molecule has 10 heteroatoms. The summed E-state index contributed by atoms with van der Waals surface area (Å²) in [4.78, 5) is 41.2. The Kier molecular flexibility index (Phi) is 10.7. The molecule has 1 aliphatic carbocycles. The van der Waals surface area contributed by atoms with Crippen LogP contribution in [0.1, 0.15) is 51.7 Å². The van der Waals surface area contributed by atoms with E-state index in [4.69, 9.17) is 4.74 Å². The van der Waals surface area contributed by atoms with E-state index in [1.54, 1.807) is 72.8 Å². The van der Waals surface area contributed by atoms with Gasteiger partial charge in [-0.25, -0.2) is 0 Å². The van der Waals surface area contributed by atoms with Gasteiger partial charge in [-0.1, -0.05) is 36.4 Å². The quantitative estimate of drug-likeness (QED) is 0.120. The Morgan fingerprint density at radius 3 is 2.51 bits per heavy atom. The molecule has 4 aromatic rings. The molecule has 45 heavy (non-hydrogen) atoms. The van der Waals surface area contributed by atoms with Gasteiger partial charge in [0.25, 0.3) is 11.8 Å². The van der Waals surface area contributed by atoms with Crippen molar-refractivity contribution in [1.82, 2.24) is 5.32 Å². The Morgan fingerprint density at radius 1 is 0.978 bits per heavy atom. The van der Waals surface area contributed by atoms with Gasteiger partial charge in [-0.15, -0.1) is 23.1 Å². The van der Waals surface area contributed by atoms with Crippen LogP contribution in [0.15, 0.2) is 89.5 Å². The highest BCUT2D eigenvalue weighted by Gasteiger charge is 2.22. The second kappa shape index (κ2) is 15.2. The molecule has 0 spiro atoms. The Labute approximate surface area is 270 Å². The van der Waals surface area contributed by atoms with Crippen molar-refractivity contribution in [2.45, 2.75) is 37.5 Å². The van der Waals surface area contributed by atoms with Crippen molar-refractivity contribution in [3.05, 3.63) is 112 Å². The number of aryl methyl sites for hydroxylation is 1. The number of carbonyl (C=O) groups excluding carboxylic acids is 3. The molecule has 1 aromatic heterocycles. The number of anilines is 2. The molecule has 0 bridgehead atoms. The molecule has 0 atom stereocenters. The minimum Gasteiger partial charge on any atom is -0.494 e. The molecule has 0 fully saturated rings. The van der Waals surface area contributed by atoms with Gasteiger partial charge in [0.1, 0.15) is 22.5 Å². The largest absolute Gasteiger partial charge is 0.494 e. The Hall–Kier alpha value is -4.85. The maximum Gasteiger partial charge on any atom is 0.272 e. The minimum absolute atomic E-state index is 0.0670. The standard InChI is InChI=1S/C35H32N4O4S2/c1-2-43-26-17-15-23(16-18-26)19-30(38-33(41)24-9-4-3-5-10-24)34(42)37-25-11-8-12-27(20-25)44-22-32(40)39-35-29(21-36)28-13-6-7-14-31(28)45-35/h3-5,8-12,15-20H,2,6-7,13-14,22H2,1H3,(H,37,42)(H,38,41)(H,39,40)/b30-19+. The molecular formula is C35H32N4O4S2. The summed E-state index contributed by atoms with van der Waals surface area (Å²) in [6, 6.07) is 25.3. The van der Waals surface area contributed by atoms with Crippen molar-refractivity contribution < 1.29 is 19.1 Å². The van der Waals surface area contributed by atoms with Gasteiger partial charge < -0.3 is 20.7 Å². The lowest BCUT2D eigenvalue weighted by Crippen LogP contribution is -2.30. The van der Waals surface area contributed by atoms with Crippen LogP contribution in [0.2, 0.25) is 0 Å². The van der Waals surface area contributed by atoms with Gasteiger partial charge in [0.2, 0.25) is 5.91 Å². The van der Waals surface area contributed by atoms with Crippen LogP contribution >= 0.6 is 23.1 Å². The number of thiophene rings is 1. The Bertz CT molecular complexity index is 1760. The topological polar surface area (TPSA) is 120 Å². The number of fused-ring (bicyclic) bond motifs is 1. The Morgan fingerprint density at radius 2 is 1.76 bits per heavy atom. The smallest absolute Gasteiger partial charge is 0.272 e. The number of nitrogens with zero attached hydrogens (tertiary/aromatic N) is 1. The van der Waals surface area contributed by atoms with E-state index >= 15 is 0 Å².